The molecule has 1 amide bonds. The van der Waals surface area contributed by atoms with E-state index in [-0.39, 0.29) is 0 Å². The van der Waals surface area contributed by atoms with Crippen molar-refractivity contribution in [3.05, 3.63) is 12.2 Å². The molecule has 0 saturated carbocycles. The van der Waals surface area contributed by atoms with Crippen LogP contribution >= 0.6 is 0 Å². The summed E-state index contributed by atoms with van der Waals surface area (Å²) in [4.78, 5) is 14.8. The average molecular weight is 129 g/mol. The van der Waals surface area contributed by atoms with Gasteiger partial charge in [-0.2, -0.15) is 5.06 Å². The van der Waals surface area contributed by atoms with Crippen LogP contribution in [0, 0.1) is 0 Å². The minimum atomic E-state index is -1.04. The van der Waals surface area contributed by atoms with Gasteiger partial charge in [0.25, 0.3) is 0 Å². The fourth-order valence-electron chi connectivity index (χ4n) is 0.557. The number of carbonyl (C=O) groups is 1. The molecule has 1 rings (SSSR count). The lowest BCUT2D eigenvalue weighted by Gasteiger charge is -2.18. The maximum Gasteiger partial charge on any atom is 0.431 e. The molecule has 0 spiro atoms. The molecule has 0 aliphatic carbocycles. The molecular formula is C5H7NO3. The summed E-state index contributed by atoms with van der Waals surface area (Å²) in [6.45, 7) is 0.682. The molecule has 0 aromatic carbocycles. The molecule has 0 fully saturated rings. The van der Waals surface area contributed by atoms with Crippen LogP contribution in [-0.2, 0) is 4.84 Å². The highest BCUT2D eigenvalue weighted by molar-refractivity contribution is 5.63. The molecule has 0 aromatic heterocycles. The summed E-state index contributed by atoms with van der Waals surface area (Å²) >= 11 is 0. The van der Waals surface area contributed by atoms with Crippen LogP contribution < -0.4 is 0 Å². The Morgan fingerprint density at radius 2 is 2.44 bits per heavy atom. The number of nitrogens with zero attached hydrogens (tertiary/aromatic N) is 1. The second-order valence-corrected chi connectivity index (χ2v) is 1.61. The van der Waals surface area contributed by atoms with E-state index in [1.54, 1.807) is 12.2 Å². The van der Waals surface area contributed by atoms with Crippen molar-refractivity contribution in [2.45, 2.75) is 0 Å². The van der Waals surface area contributed by atoms with Crippen molar-refractivity contribution in [3.8, 4) is 0 Å². The van der Waals surface area contributed by atoms with Crippen LogP contribution in [0.1, 0.15) is 0 Å². The minimum absolute atomic E-state index is 0.329. The Morgan fingerprint density at radius 1 is 1.67 bits per heavy atom. The molecule has 1 heterocycles. The van der Waals surface area contributed by atoms with Crippen molar-refractivity contribution in [2.24, 2.45) is 0 Å². The van der Waals surface area contributed by atoms with Gasteiger partial charge in [0.15, 0.2) is 0 Å². The van der Waals surface area contributed by atoms with Crippen LogP contribution in [0.2, 0.25) is 0 Å². The molecule has 0 bridgehead atoms. The van der Waals surface area contributed by atoms with Gasteiger partial charge in [-0.25, -0.2) is 4.79 Å². The monoisotopic (exact) mass is 129 g/mol. The maximum absolute atomic E-state index is 10.1. The van der Waals surface area contributed by atoms with E-state index in [0.717, 1.165) is 5.06 Å². The van der Waals surface area contributed by atoms with Gasteiger partial charge in [-0.1, -0.05) is 12.2 Å². The van der Waals surface area contributed by atoms with E-state index in [0.29, 0.717) is 13.2 Å². The first kappa shape index (κ1) is 6.10. The van der Waals surface area contributed by atoms with E-state index < -0.39 is 6.09 Å². The Bertz CT molecular complexity index is 143. The molecule has 0 radical (unpaired) electrons. The van der Waals surface area contributed by atoms with E-state index in [4.69, 9.17) is 5.11 Å². The molecule has 50 valence electrons. The normalized spacial score (nSPS) is 18.0. The van der Waals surface area contributed by atoms with Crippen molar-refractivity contribution >= 4 is 6.09 Å². The standard InChI is InChI=1S/C5H7NO3/c7-5(8)6-3-1-2-4-9-6/h1-2H,3-4H2,(H,7,8). The van der Waals surface area contributed by atoms with Crippen molar-refractivity contribution in [3.63, 3.8) is 0 Å². The fourth-order valence-corrected chi connectivity index (χ4v) is 0.557. The van der Waals surface area contributed by atoms with Gasteiger partial charge >= 0.3 is 6.09 Å². The highest BCUT2D eigenvalue weighted by atomic mass is 16.7. The van der Waals surface area contributed by atoms with E-state index >= 15 is 0 Å². The summed E-state index contributed by atoms with van der Waals surface area (Å²) in [6.07, 6.45) is 2.48. The van der Waals surface area contributed by atoms with Crippen molar-refractivity contribution < 1.29 is 14.7 Å². The third kappa shape index (κ3) is 1.43. The van der Waals surface area contributed by atoms with Crippen molar-refractivity contribution in [2.75, 3.05) is 13.2 Å². The second-order valence-electron chi connectivity index (χ2n) is 1.61. The van der Waals surface area contributed by atoms with Gasteiger partial charge in [0.1, 0.15) is 0 Å². The van der Waals surface area contributed by atoms with Crippen molar-refractivity contribution in [1.29, 1.82) is 0 Å². The molecule has 1 N–H and O–H groups in total. The van der Waals surface area contributed by atoms with Crippen LogP contribution in [0.3, 0.4) is 0 Å². The number of hydroxylamine groups is 2. The second kappa shape index (κ2) is 2.50. The highest BCUT2D eigenvalue weighted by Gasteiger charge is 2.11. The third-order valence-electron chi connectivity index (χ3n) is 0.978. The molecule has 0 unspecified atom stereocenters. The summed E-state index contributed by atoms with van der Waals surface area (Å²) in [5.41, 5.74) is 0. The summed E-state index contributed by atoms with van der Waals surface area (Å²) in [5.74, 6) is 0. The predicted octanol–water partition coefficient (Wildman–Crippen LogP) is 0.468. The lowest BCUT2D eigenvalue weighted by atomic mass is 10.5. The Hall–Kier alpha value is -1.03. The largest absolute Gasteiger partial charge is 0.463 e. The molecular weight excluding hydrogens is 122 g/mol. The number of hydrogen-bond acceptors (Lipinski definition) is 2. The lowest BCUT2D eigenvalue weighted by molar-refractivity contribution is -0.118. The van der Waals surface area contributed by atoms with Gasteiger partial charge in [-0.3, -0.25) is 4.84 Å². The number of amides is 1. The minimum Gasteiger partial charge on any atom is -0.463 e. The van der Waals surface area contributed by atoms with Crippen LogP contribution in [0.25, 0.3) is 0 Å². The Balaban J connectivity index is 2.44. The first-order chi connectivity index (χ1) is 4.30. The molecule has 1 aliphatic rings. The predicted molar refractivity (Wildman–Crippen MR) is 29.8 cm³/mol. The molecule has 1 aliphatic heterocycles. The van der Waals surface area contributed by atoms with Gasteiger partial charge in [0, 0.05) is 0 Å². The number of hydrogen-bond donors (Lipinski definition) is 1. The van der Waals surface area contributed by atoms with Crippen molar-refractivity contribution in [1.82, 2.24) is 5.06 Å². The van der Waals surface area contributed by atoms with E-state index in [9.17, 15) is 4.79 Å². The van der Waals surface area contributed by atoms with Gasteiger partial charge in [-0.15, -0.1) is 0 Å². The van der Waals surface area contributed by atoms with Gasteiger partial charge in [-0.05, 0) is 0 Å². The molecule has 0 atom stereocenters. The van der Waals surface area contributed by atoms with Gasteiger partial charge in [0.2, 0.25) is 0 Å². The molecule has 0 saturated heterocycles. The molecule has 0 aromatic rings. The summed E-state index contributed by atoms with van der Waals surface area (Å²) in [6, 6.07) is 0. The van der Waals surface area contributed by atoms with Crippen LogP contribution in [0.4, 0.5) is 4.79 Å². The first-order valence-electron chi connectivity index (χ1n) is 2.59. The highest BCUT2D eigenvalue weighted by Crippen LogP contribution is 1.97. The fraction of sp³-hybridized carbons (Fsp3) is 0.400. The maximum atomic E-state index is 10.1. The van der Waals surface area contributed by atoms with Crippen LogP contribution in [-0.4, -0.2) is 29.4 Å². The topological polar surface area (TPSA) is 49.8 Å². The van der Waals surface area contributed by atoms with Crippen LogP contribution in [0.15, 0.2) is 12.2 Å². The Morgan fingerprint density at radius 3 is 2.78 bits per heavy atom. The SMILES string of the molecule is O=C(O)N1CC=CCO1. The van der Waals surface area contributed by atoms with E-state index in [2.05, 4.69) is 4.84 Å². The molecule has 4 nitrogen and oxygen atoms in total. The quantitative estimate of drug-likeness (QED) is 0.483. The molecule has 9 heavy (non-hydrogen) atoms. The smallest absolute Gasteiger partial charge is 0.431 e. The third-order valence-corrected chi connectivity index (χ3v) is 0.978. The summed E-state index contributed by atoms with van der Waals surface area (Å²) in [7, 11) is 0. The lowest BCUT2D eigenvalue weighted by Crippen LogP contribution is -2.32. The summed E-state index contributed by atoms with van der Waals surface area (Å²) in [5, 5.41) is 9.19. The van der Waals surface area contributed by atoms with E-state index in [1.807, 2.05) is 0 Å². The zero-order valence-electron chi connectivity index (χ0n) is 4.78. The zero-order valence-corrected chi connectivity index (χ0v) is 4.78. The Labute approximate surface area is 52.3 Å². The average Bonchev–Trinajstić information content (AvgIpc) is 1.90. The molecule has 4 heteroatoms. The summed E-state index contributed by atoms with van der Waals surface area (Å²) < 4.78 is 0. The van der Waals surface area contributed by atoms with E-state index in [1.165, 1.54) is 0 Å². The number of carboxylic acid groups (broad SMARTS) is 1. The number of rotatable bonds is 0. The Kier molecular flexibility index (Phi) is 1.69. The van der Waals surface area contributed by atoms with Gasteiger partial charge in [0.05, 0.1) is 13.2 Å². The first-order valence-corrected chi connectivity index (χ1v) is 2.59. The zero-order chi connectivity index (χ0) is 6.69. The van der Waals surface area contributed by atoms with Crippen LogP contribution in [0.5, 0.6) is 0 Å². The van der Waals surface area contributed by atoms with Gasteiger partial charge < -0.3 is 5.11 Å².